The van der Waals surface area contributed by atoms with Crippen molar-refractivity contribution < 1.29 is 9.53 Å². The minimum Gasteiger partial charge on any atom is -0.435 e. The predicted molar refractivity (Wildman–Crippen MR) is 39.7 cm³/mol. The quantitative estimate of drug-likeness (QED) is 0.508. The highest BCUT2D eigenvalue weighted by atomic mass is 16.5. The molecule has 0 saturated carbocycles. The fourth-order valence-corrected chi connectivity index (χ4v) is 1.67. The Morgan fingerprint density at radius 3 is 3.36 bits per heavy atom. The molecule has 0 radical (unpaired) electrons. The molecule has 1 N–H and O–H groups in total. The minimum absolute atomic E-state index is 0.0565. The molecule has 3 heteroatoms. The van der Waals surface area contributed by atoms with E-state index in [-0.39, 0.29) is 11.9 Å². The molecule has 2 rings (SSSR count). The third-order valence-corrected chi connectivity index (χ3v) is 2.34. The van der Waals surface area contributed by atoms with Gasteiger partial charge in [0.1, 0.15) is 0 Å². The molecule has 11 heavy (non-hydrogen) atoms. The molecule has 2 unspecified atom stereocenters. The lowest BCUT2D eigenvalue weighted by atomic mass is 9.85. The summed E-state index contributed by atoms with van der Waals surface area (Å²) in [5.41, 5.74) is 0. The maximum Gasteiger partial charge on any atom is 0.314 e. The molecule has 2 aliphatic heterocycles. The number of ether oxygens (including phenoxy) is 1. The summed E-state index contributed by atoms with van der Waals surface area (Å²) in [6, 6.07) is 0. The first-order valence-corrected chi connectivity index (χ1v) is 3.96. The van der Waals surface area contributed by atoms with Crippen LogP contribution in [0.25, 0.3) is 0 Å². The Kier molecular flexibility index (Phi) is 1.66. The van der Waals surface area contributed by atoms with Crippen LogP contribution < -0.4 is 5.32 Å². The summed E-state index contributed by atoms with van der Waals surface area (Å²) < 4.78 is 4.80. The number of hydrogen-bond donors (Lipinski definition) is 1. The molecule has 0 spiro atoms. The summed E-state index contributed by atoms with van der Waals surface area (Å²) in [4.78, 5) is 11.1. The topological polar surface area (TPSA) is 38.3 Å². The number of piperidine rings is 1. The highest BCUT2D eigenvalue weighted by molar-refractivity contribution is 5.74. The van der Waals surface area contributed by atoms with E-state index in [2.05, 4.69) is 5.32 Å². The van der Waals surface area contributed by atoms with Crippen molar-refractivity contribution in [2.75, 3.05) is 13.1 Å². The second-order valence-corrected chi connectivity index (χ2v) is 3.03. The molecule has 0 aromatic heterocycles. The monoisotopic (exact) mass is 153 g/mol. The average molecular weight is 153 g/mol. The van der Waals surface area contributed by atoms with E-state index in [9.17, 15) is 4.79 Å². The predicted octanol–water partition coefficient (Wildman–Crippen LogP) is 0.283. The van der Waals surface area contributed by atoms with E-state index >= 15 is 0 Å². The van der Waals surface area contributed by atoms with Crippen molar-refractivity contribution in [3.8, 4) is 0 Å². The average Bonchev–Trinajstić information content (AvgIpc) is 2.06. The zero-order valence-corrected chi connectivity index (χ0v) is 6.25. The SMILES string of the molecule is O=C1OC=CC2CNCCC12. The first-order valence-electron chi connectivity index (χ1n) is 3.96. The van der Waals surface area contributed by atoms with Gasteiger partial charge in [0.2, 0.25) is 0 Å². The van der Waals surface area contributed by atoms with Crippen molar-refractivity contribution >= 4 is 5.97 Å². The Balaban J connectivity index is 2.15. The van der Waals surface area contributed by atoms with E-state index in [4.69, 9.17) is 4.74 Å². The van der Waals surface area contributed by atoms with Crippen LogP contribution >= 0.6 is 0 Å². The van der Waals surface area contributed by atoms with Gasteiger partial charge in [0.05, 0.1) is 12.2 Å². The lowest BCUT2D eigenvalue weighted by Gasteiger charge is -2.30. The van der Waals surface area contributed by atoms with Gasteiger partial charge >= 0.3 is 5.97 Å². The molecule has 2 aliphatic rings. The van der Waals surface area contributed by atoms with E-state index in [0.29, 0.717) is 5.92 Å². The second kappa shape index (κ2) is 2.66. The van der Waals surface area contributed by atoms with E-state index < -0.39 is 0 Å². The molecule has 2 heterocycles. The Morgan fingerprint density at radius 2 is 2.55 bits per heavy atom. The molecule has 60 valence electrons. The zero-order chi connectivity index (χ0) is 7.68. The van der Waals surface area contributed by atoms with Crippen LogP contribution in [-0.2, 0) is 9.53 Å². The largest absolute Gasteiger partial charge is 0.435 e. The molecule has 0 amide bonds. The molecule has 0 aromatic rings. The summed E-state index contributed by atoms with van der Waals surface area (Å²) in [5.74, 6) is 0.422. The van der Waals surface area contributed by atoms with Gasteiger partial charge in [-0.25, -0.2) is 0 Å². The number of hydrogen-bond acceptors (Lipinski definition) is 3. The third-order valence-electron chi connectivity index (χ3n) is 2.34. The first kappa shape index (κ1) is 6.85. The van der Waals surface area contributed by atoms with Crippen molar-refractivity contribution in [2.24, 2.45) is 11.8 Å². The molecular formula is C8H11NO2. The van der Waals surface area contributed by atoms with Crippen LogP contribution in [0, 0.1) is 11.8 Å². The van der Waals surface area contributed by atoms with Gasteiger partial charge in [-0.05, 0) is 19.0 Å². The van der Waals surface area contributed by atoms with Gasteiger partial charge in [-0.2, -0.15) is 0 Å². The van der Waals surface area contributed by atoms with Crippen LogP contribution in [0.5, 0.6) is 0 Å². The molecular weight excluding hydrogens is 142 g/mol. The Bertz CT molecular complexity index is 200. The van der Waals surface area contributed by atoms with Gasteiger partial charge in [-0.15, -0.1) is 0 Å². The van der Waals surface area contributed by atoms with Crippen LogP contribution in [0.2, 0.25) is 0 Å². The highest BCUT2D eigenvalue weighted by Gasteiger charge is 2.32. The Labute approximate surface area is 65.4 Å². The van der Waals surface area contributed by atoms with Crippen LogP contribution in [0.15, 0.2) is 12.3 Å². The maximum atomic E-state index is 11.1. The minimum atomic E-state index is -0.0565. The maximum absolute atomic E-state index is 11.1. The molecule has 0 aliphatic carbocycles. The van der Waals surface area contributed by atoms with Crippen LogP contribution in [0.3, 0.4) is 0 Å². The summed E-state index contributed by atoms with van der Waals surface area (Å²) in [5, 5.41) is 3.25. The van der Waals surface area contributed by atoms with E-state index in [1.807, 2.05) is 6.08 Å². The molecule has 1 fully saturated rings. The van der Waals surface area contributed by atoms with Gasteiger partial charge in [-0.3, -0.25) is 4.79 Å². The lowest BCUT2D eigenvalue weighted by molar-refractivity contribution is -0.146. The number of carbonyl (C=O) groups is 1. The summed E-state index contributed by atoms with van der Waals surface area (Å²) in [7, 11) is 0. The van der Waals surface area contributed by atoms with Gasteiger partial charge < -0.3 is 10.1 Å². The standard InChI is InChI=1S/C8H11NO2/c10-8-7-1-3-9-5-6(7)2-4-11-8/h2,4,6-7,9H,1,3,5H2. The molecule has 2 atom stereocenters. The van der Waals surface area contributed by atoms with Crippen molar-refractivity contribution in [3.05, 3.63) is 12.3 Å². The Hall–Kier alpha value is -0.830. The number of esters is 1. The highest BCUT2D eigenvalue weighted by Crippen LogP contribution is 2.25. The molecule has 1 saturated heterocycles. The number of nitrogens with one attached hydrogen (secondary N) is 1. The van der Waals surface area contributed by atoms with Crippen molar-refractivity contribution in [3.63, 3.8) is 0 Å². The van der Waals surface area contributed by atoms with Gasteiger partial charge in [-0.1, -0.05) is 0 Å². The fraction of sp³-hybridized carbons (Fsp3) is 0.625. The lowest BCUT2D eigenvalue weighted by Crippen LogP contribution is -2.41. The molecule has 0 bridgehead atoms. The van der Waals surface area contributed by atoms with Crippen LogP contribution in [0.1, 0.15) is 6.42 Å². The Morgan fingerprint density at radius 1 is 1.64 bits per heavy atom. The van der Waals surface area contributed by atoms with E-state index in [0.717, 1.165) is 19.5 Å². The van der Waals surface area contributed by atoms with Gasteiger partial charge in [0.25, 0.3) is 0 Å². The summed E-state index contributed by atoms with van der Waals surface area (Å²) in [6.45, 7) is 1.85. The summed E-state index contributed by atoms with van der Waals surface area (Å²) in [6.07, 6.45) is 4.39. The number of rotatable bonds is 0. The molecule has 3 nitrogen and oxygen atoms in total. The van der Waals surface area contributed by atoms with Crippen LogP contribution in [-0.4, -0.2) is 19.1 Å². The zero-order valence-electron chi connectivity index (χ0n) is 6.25. The fourth-order valence-electron chi connectivity index (χ4n) is 1.67. The second-order valence-electron chi connectivity index (χ2n) is 3.03. The van der Waals surface area contributed by atoms with E-state index in [1.165, 1.54) is 6.26 Å². The van der Waals surface area contributed by atoms with Gasteiger partial charge in [0, 0.05) is 12.5 Å². The van der Waals surface area contributed by atoms with Crippen molar-refractivity contribution in [1.82, 2.24) is 5.32 Å². The summed E-state index contributed by atoms with van der Waals surface area (Å²) >= 11 is 0. The van der Waals surface area contributed by atoms with Crippen LogP contribution in [0.4, 0.5) is 0 Å². The first-order chi connectivity index (χ1) is 5.38. The van der Waals surface area contributed by atoms with Crippen molar-refractivity contribution in [2.45, 2.75) is 6.42 Å². The number of carbonyl (C=O) groups excluding carboxylic acids is 1. The van der Waals surface area contributed by atoms with E-state index in [1.54, 1.807) is 0 Å². The van der Waals surface area contributed by atoms with Gasteiger partial charge in [0.15, 0.2) is 0 Å². The van der Waals surface area contributed by atoms with Crippen molar-refractivity contribution in [1.29, 1.82) is 0 Å². The molecule has 0 aromatic carbocycles. The smallest absolute Gasteiger partial charge is 0.314 e. The number of cyclic esters (lactones) is 1. The third kappa shape index (κ3) is 1.16. The number of fused-ring (bicyclic) bond motifs is 1. The normalized spacial score (nSPS) is 36.2.